The van der Waals surface area contributed by atoms with E-state index in [0.717, 1.165) is 5.75 Å². The zero-order chi connectivity index (χ0) is 9.40. The Hall–Kier alpha value is 0.310. The van der Waals surface area contributed by atoms with Gasteiger partial charge in [0.2, 0.25) is 0 Å². The first kappa shape index (κ1) is 12.3. The molecule has 0 fully saturated rings. The van der Waals surface area contributed by atoms with E-state index >= 15 is 0 Å². The predicted octanol–water partition coefficient (Wildman–Crippen LogP) is 2.89. The summed E-state index contributed by atoms with van der Waals surface area (Å²) in [7, 11) is 0. The lowest BCUT2D eigenvalue weighted by atomic mass is 10.1. The summed E-state index contributed by atoms with van der Waals surface area (Å²) in [4.78, 5) is 0. The van der Waals surface area contributed by atoms with Crippen LogP contribution in [-0.2, 0) is 0 Å². The van der Waals surface area contributed by atoms with Crippen LogP contribution in [0.5, 0.6) is 0 Å². The summed E-state index contributed by atoms with van der Waals surface area (Å²) in [6.45, 7) is 6.62. The summed E-state index contributed by atoms with van der Waals surface area (Å²) in [5, 5.41) is 0. The molecule has 0 aromatic heterocycles. The van der Waals surface area contributed by atoms with Gasteiger partial charge in [-0.05, 0) is 18.1 Å². The molecule has 0 spiro atoms. The number of nitrogens with two attached hydrogens (primary N) is 1. The van der Waals surface area contributed by atoms with Gasteiger partial charge in [-0.15, -0.1) is 0 Å². The van der Waals surface area contributed by atoms with E-state index in [1.165, 1.54) is 25.0 Å². The van der Waals surface area contributed by atoms with E-state index < -0.39 is 0 Å². The molecule has 1 nitrogen and oxygen atoms in total. The van der Waals surface area contributed by atoms with E-state index in [4.69, 9.17) is 5.73 Å². The average Bonchev–Trinajstić information content (AvgIpc) is 2.03. The second kappa shape index (κ2) is 7.93. The number of hydrogen-bond acceptors (Lipinski definition) is 2. The first-order valence-electron chi connectivity index (χ1n) is 5.01. The lowest BCUT2D eigenvalue weighted by Gasteiger charge is -2.14. The van der Waals surface area contributed by atoms with Gasteiger partial charge in [-0.3, -0.25) is 0 Å². The SMILES string of the molecule is CCCCCSCC(N)C(C)C. The molecule has 0 rings (SSSR count). The molecular formula is C10H23NS. The number of hydrogen-bond donors (Lipinski definition) is 1. The molecule has 0 saturated carbocycles. The van der Waals surface area contributed by atoms with E-state index in [1.807, 2.05) is 11.8 Å². The van der Waals surface area contributed by atoms with Crippen molar-refractivity contribution in [3.8, 4) is 0 Å². The average molecular weight is 189 g/mol. The van der Waals surface area contributed by atoms with Crippen molar-refractivity contribution >= 4 is 11.8 Å². The minimum atomic E-state index is 0.386. The first-order valence-corrected chi connectivity index (χ1v) is 6.17. The predicted molar refractivity (Wildman–Crippen MR) is 59.7 cm³/mol. The molecular weight excluding hydrogens is 166 g/mol. The van der Waals surface area contributed by atoms with Gasteiger partial charge < -0.3 is 5.73 Å². The Bertz CT molecular complexity index is 93.8. The lowest BCUT2D eigenvalue weighted by molar-refractivity contribution is 0.535. The molecule has 0 aliphatic rings. The van der Waals surface area contributed by atoms with Crippen LogP contribution in [-0.4, -0.2) is 17.5 Å². The minimum absolute atomic E-state index is 0.386. The second-order valence-electron chi connectivity index (χ2n) is 3.69. The Morgan fingerprint density at radius 3 is 2.42 bits per heavy atom. The molecule has 0 bridgehead atoms. The maximum Gasteiger partial charge on any atom is 0.0153 e. The van der Waals surface area contributed by atoms with E-state index in [2.05, 4.69) is 20.8 Å². The van der Waals surface area contributed by atoms with Crippen LogP contribution in [0.2, 0.25) is 0 Å². The monoisotopic (exact) mass is 189 g/mol. The molecule has 1 atom stereocenters. The number of thioether (sulfide) groups is 1. The summed E-state index contributed by atoms with van der Waals surface area (Å²) in [6.07, 6.45) is 4.03. The molecule has 0 aliphatic carbocycles. The van der Waals surface area contributed by atoms with Crippen molar-refractivity contribution < 1.29 is 0 Å². The van der Waals surface area contributed by atoms with Gasteiger partial charge in [0.1, 0.15) is 0 Å². The van der Waals surface area contributed by atoms with E-state index in [0.29, 0.717) is 12.0 Å². The first-order chi connectivity index (χ1) is 5.68. The fourth-order valence-electron chi connectivity index (χ4n) is 0.866. The highest BCUT2D eigenvalue weighted by Crippen LogP contribution is 2.10. The molecule has 0 aromatic rings. The Labute approximate surface area is 81.5 Å². The van der Waals surface area contributed by atoms with Crippen LogP contribution in [0.25, 0.3) is 0 Å². The molecule has 0 radical (unpaired) electrons. The van der Waals surface area contributed by atoms with Crippen molar-refractivity contribution in [2.45, 2.75) is 46.1 Å². The van der Waals surface area contributed by atoms with Gasteiger partial charge in [0.25, 0.3) is 0 Å². The normalized spacial score (nSPS) is 13.8. The van der Waals surface area contributed by atoms with Crippen LogP contribution in [0.1, 0.15) is 40.0 Å². The van der Waals surface area contributed by atoms with Crippen LogP contribution >= 0.6 is 11.8 Å². The molecule has 74 valence electrons. The standard InChI is InChI=1S/C10H23NS/c1-4-5-6-7-12-8-10(11)9(2)3/h9-10H,4-8,11H2,1-3H3. The van der Waals surface area contributed by atoms with Gasteiger partial charge in [0, 0.05) is 11.8 Å². The summed E-state index contributed by atoms with van der Waals surface area (Å²) in [6, 6.07) is 0.386. The van der Waals surface area contributed by atoms with Gasteiger partial charge in [-0.1, -0.05) is 33.6 Å². The largest absolute Gasteiger partial charge is 0.327 e. The van der Waals surface area contributed by atoms with Crippen molar-refractivity contribution in [1.29, 1.82) is 0 Å². The quantitative estimate of drug-likeness (QED) is 0.623. The summed E-state index contributed by atoms with van der Waals surface area (Å²) >= 11 is 2.00. The van der Waals surface area contributed by atoms with Crippen molar-refractivity contribution in [2.24, 2.45) is 11.7 Å². The van der Waals surface area contributed by atoms with Crippen LogP contribution < -0.4 is 5.73 Å². The summed E-state index contributed by atoms with van der Waals surface area (Å²) < 4.78 is 0. The third-order valence-corrected chi connectivity index (χ3v) is 3.26. The summed E-state index contributed by atoms with van der Waals surface area (Å²) in [5.41, 5.74) is 5.91. The van der Waals surface area contributed by atoms with Gasteiger partial charge >= 0.3 is 0 Å². The number of unbranched alkanes of at least 4 members (excludes halogenated alkanes) is 2. The Balaban J connectivity index is 3.08. The Kier molecular flexibility index (Phi) is 8.14. The third-order valence-electron chi connectivity index (χ3n) is 2.06. The fourth-order valence-corrected chi connectivity index (χ4v) is 2.10. The highest BCUT2D eigenvalue weighted by atomic mass is 32.2. The molecule has 1 unspecified atom stereocenters. The summed E-state index contributed by atoms with van der Waals surface area (Å²) in [5.74, 6) is 3.04. The molecule has 0 aliphatic heterocycles. The maximum absolute atomic E-state index is 5.91. The zero-order valence-electron chi connectivity index (χ0n) is 8.68. The minimum Gasteiger partial charge on any atom is -0.327 e. The molecule has 0 aromatic carbocycles. The van der Waals surface area contributed by atoms with Crippen molar-refractivity contribution in [1.82, 2.24) is 0 Å². The van der Waals surface area contributed by atoms with Crippen molar-refractivity contribution in [2.75, 3.05) is 11.5 Å². The topological polar surface area (TPSA) is 26.0 Å². The molecule has 0 saturated heterocycles. The third kappa shape index (κ3) is 6.99. The van der Waals surface area contributed by atoms with Gasteiger partial charge in [0.15, 0.2) is 0 Å². The van der Waals surface area contributed by atoms with Crippen LogP contribution in [0.15, 0.2) is 0 Å². The molecule has 12 heavy (non-hydrogen) atoms. The van der Waals surface area contributed by atoms with Crippen LogP contribution in [0.4, 0.5) is 0 Å². The van der Waals surface area contributed by atoms with E-state index in [9.17, 15) is 0 Å². The number of rotatable bonds is 7. The smallest absolute Gasteiger partial charge is 0.0153 e. The van der Waals surface area contributed by atoms with Gasteiger partial charge in [-0.25, -0.2) is 0 Å². The highest BCUT2D eigenvalue weighted by molar-refractivity contribution is 7.99. The van der Waals surface area contributed by atoms with Crippen molar-refractivity contribution in [3.05, 3.63) is 0 Å². The second-order valence-corrected chi connectivity index (χ2v) is 4.84. The Morgan fingerprint density at radius 2 is 1.92 bits per heavy atom. The maximum atomic E-state index is 5.91. The van der Waals surface area contributed by atoms with Gasteiger partial charge in [0.05, 0.1) is 0 Å². The van der Waals surface area contributed by atoms with E-state index in [-0.39, 0.29) is 0 Å². The lowest BCUT2D eigenvalue weighted by Crippen LogP contribution is -2.28. The van der Waals surface area contributed by atoms with Gasteiger partial charge in [-0.2, -0.15) is 11.8 Å². The van der Waals surface area contributed by atoms with Crippen LogP contribution in [0.3, 0.4) is 0 Å². The fraction of sp³-hybridized carbons (Fsp3) is 1.00. The molecule has 0 amide bonds. The highest BCUT2D eigenvalue weighted by Gasteiger charge is 2.06. The molecule has 0 heterocycles. The molecule has 2 N–H and O–H groups in total. The molecule has 2 heteroatoms. The Morgan fingerprint density at radius 1 is 1.25 bits per heavy atom. The van der Waals surface area contributed by atoms with Crippen LogP contribution in [0, 0.1) is 5.92 Å². The van der Waals surface area contributed by atoms with E-state index in [1.54, 1.807) is 0 Å². The van der Waals surface area contributed by atoms with Crippen molar-refractivity contribution in [3.63, 3.8) is 0 Å². The zero-order valence-corrected chi connectivity index (χ0v) is 9.49.